The second-order valence-electron chi connectivity index (χ2n) is 9.40. The number of likely N-dealkylation sites (N-methyl/N-ethyl adjacent to an activating group) is 2. The topological polar surface area (TPSA) is 53.7 Å². The zero-order valence-corrected chi connectivity index (χ0v) is 21.0. The van der Waals surface area contributed by atoms with Gasteiger partial charge in [0.1, 0.15) is 0 Å². The zero-order valence-electron chi connectivity index (χ0n) is 20.2. The molecule has 10 heteroatoms. The third-order valence-corrected chi connectivity index (χ3v) is 7.75. The SMILES string of the molecule is Cc1ccc(Cn2ncc3cc(/C=C4\SC(N(C)C5CCN(C)C5)=NC4=O)ccc32)c(C(F)(F)F)c1. The Morgan fingerprint density at radius 3 is 2.75 bits per heavy atom. The molecule has 6 nitrogen and oxygen atoms in total. The molecule has 1 atom stereocenters. The second-order valence-corrected chi connectivity index (χ2v) is 10.4. The maximum Gasteiger partial charge on any atom is 0.416 e. The van der Waals surface area contributed by atoms with E-state index < -0.39 is 11.7 Å². The van der Waals surface area contributed by atoms with Crippen LogP contribution in [0.3, 0.4) is 0 Å². The van der Waals surface area contributed by atoms with Gasteiger partial charge in [-0.3, -0.25) is 9.48 Å². The molecule has 3 aromatic rings. The first-order valence-electron chi connectivity index (χ1n) is 11.6. The summed E-state index contributed by atoms with van der Waals surface area (Å²) >= 11 is 1.37. The predicted octanol–water partition coefficient (Wildman–Crippen LogP) is 5.02. The second kappa shape index (κ2) is 9.40. The number of aromatic nitrogens is 2. The monoisotopic (exact) mass is 513 g/mol. The van der Waals surface area contributed by atoms with Gasteiger partial charge >= 0.3 is 6.18 Å². The van der Waals surface area contributed by atoms with Gasteiger partial charge in [-0.25, -0.2) is 0 Å². The predicted molar refractivity (Wildman–Crippen MR) is 137 cm³/mol. The highest BCUT2D eigenvalue weighted by atomic mass is 32.2. The van der Waals surface area contributed by atoms with Crippen LogP contribution in [0.1, 0.15) is 28.7 Å². The molecule has 0 bridgehead atoms. The minimum atomic E-state index is -4.43. The summed E-state index contributed by atoms with van der Waals surface area (Å²) in [5.41, 5.74) is 1.61. The number of rotatable bonds is 4. The van der Waals surface area contributed by atoms with Crippen LogP contribution in [0, 0.1) is 6.92 Å². The number of hydrogen-bond acceptors (Lipinski definition) is 5. The number of likely N-dealkylation sites (tertiary alicyclic amines) is 1. The molecule has 1 saturated heterocycles. The van der Waals surface area contributed by atoms with E-state index in [1.807, 2.05) is 25.2 Å². The van der Waals surface area contributed by atoms with Gasteiger partial charge in [-0.2, -0.15) is 23.3 Å². The highest BCUT2D eigenvalue weighted by Crippen LogP contribution is 2.34. The molecule has 1 aromatic heterocycles. The average molecular weight is 514 g/mol. The van der Waals surface area contributed by atoms with E-state index in [0.29, 0.717) is 21.7 Å². The number of thioether (sulfide) groups is 1. The number of hydrogen-bond donors (Lipinski definition) is 0. The van der Waals surface area contributed by atoms with E-state index in [9.17, 15) is 18.0 Å². The van der Waals surface area contributed by atoms with E-state index in [0.717, 1.165) is 36.0 Å². The number of halogens is 3. The third-order valence-electron chi connectivity index (χ3n) is 6.68. The molecule has 2 aliphatic rings. The van der Waals surface area contributed by atoms with Crippen LogP contribution in [0.5, 0.6) is 0 Å². The molecule has 1 unspecified atom stereocenters. The largest absolute Gasteiger partial charge is 0.416 e. The number of amidine groups is 1. The fourth-order valence-electron chi connectivity index (χ4n) is 4.66. The summed E-state index contributed by atoms with van der Waals surface area (Å²) in [4.78, 5) is 21.7. The van der Waals surface area contributed by atoms with Crippen molar-refractivity contribution in [2.45, 2.75) is 32.1 Å². The number of benzene rings is 2. The molecular formula is C26H26F3N5OS. The molecule has 1 amide bonds. The molecule has 2 aliphatic heterocycles. The molecule has 0 saturated carbocycles. The van der Waals surface area contributed by atoms with Crippen molar-refractivity contribution in [1.82, 2.24) is 19.6 Å². The lowest BCUT2D eigenvalue weighted by Gasteiger charge is -2.25. The van der Waals surface area contributed by atoms with Crippen LogP contribution in [0.15, 0.2) is 52.5 Å². The van der Waals surface area contributed by atoms with Gasteiger partial charge < -0.3 is 9.80 Å². The quantitative estimate of drug-likeness (QED) is 0.459. The van der Waals surface area contributed by atoms with Gasteiger partial charge in [0.25, 0.3) is 5.91 Å². The van der Waals surface area contributed by atoms with Gasteiger partial charge in [0.15, 0.2) is 5.17 Å². The Bertz CT molecular complexity index is 1390. The number of alkyl halides is 3. The molecule has 2 aromatic carbocycles. The molecule has 1 fully saturated rings. The molecular weight excluding hydrogens is 487 g/mol. The van der Waals surface area contributed by atoms with E-state index in [1.165, 1.54) is 23.9 Å². The maximum atomic E-state index is 13.6. The highest BCUT2D eigenvalue weighted by Gasteiger charge is 2.34. The first kappa shape index (κ1) is 24.6. The van der Waals surface area contributed by atoms with Gasteiger partial charge in [-0.15, -0.1) is 0 Å². The summed E-state index contributed by atoms with van der Waals surface area (Å²) in [5.74, 6) is -0.261. The molecule has 0 aliphatic carbocycles. The van der Waals surface area contributed by atoms with Crippen LogP contribution in [-0.2, 0) is 17.5 Å². The van der Waals surface area contributed by atoms with E-state index in [4.69, 9.17) is 0 Å². The zero-order chi connectivity index (χ0) is 25.6. The molecule has 0 spiro atoms. The molecule has 3 heterocycles. The Labute approximate surface area is 211 Å². The van der Waals surface area contributed by atoms with Gasteiger partial charge in [-0.05, 0) is 74.1 Å². The van der Waals surface area contributed by atoms with Crippen LogP contribution < -0.4 is 0 Å². The number of carbonyl (C=O) groups is 1. The molecule has 188 valence electrons. The Balaban J connectivity index is 1.35. The van der Waals surface area contributed by atoms with Crippen molar-refractivity contribution in [3.63, 3.8) is 0 Å². The lowest BCUT2D eigenvalue weighted by Crippen LogP contribution is -2.36. The highest BCUT2D eigenvalue weighted by molar-refractivity contribution is 8.18. The summed E-state index contributed by atoms with van der Waals surface area (Å²) in [6, 6.07) is 10.2. The van der Waals surface area contributed by atoms with Crippen molar-refractivity contribution < 1.29 is 18.0 Å². The lowest BCUT2D eigenvalue weighted by atomic mass is 10.0. The van der Waals surface area contributed by atoms with Gasteiger partial charge in [0.2, 0.25) is 0 Å². The first-order chi connectivity index (χ1) is 17.1. The summed E-state index contributed by atoms with van der Waals surface area (Å²) in [7, 11) is 4.06. The number of fused-ring (bicyclic) bond motifs is 1. The van der Waals surface area contributed by atoms with E-state index in [-0.39, 0.29) is 18.0 Å². The van der Waals surface area contributed by atoms with Crippen molar-refractivity contribution >= 4 is 39.8 Å². The van der Waals surface area contributed by atoms with Crippen molar-refractivity contribution in [3.8, 4) is 0 Å². The maximum absolute atomic E-state index is 13.6. The normalized spacial score (nSPS) is 20.1. The van der Waals surface area contributed by atoms with Gasteiger partial charge in [0, 0.05) is 25.0 Å². The number of nitrogens with zero attached hydrogens (tertiary/aromatic N) is 5. The Morgan fingerprint density at radius 2 is 2.03 bits per heavy atom. The Hall–Kier alpha value is -3.11. The van der Waals surface area contributed by atoms with Crippen LogP contribution in [-0.4, -0.2) is 63.9 Å². The van der Waals surface area contributed by atoms with Crippen molar-refractivity contribution in [1.29, 1.82) is 0 Å². The smallest absolute Gasteiger partial charge is 0.350 e. The number of aryl methyl sites for hydroxylation is 1. The number of amides is 1. The Kier molecular flexibility index (Phi) is 6.42. The number of carbonyl (C=O) groups excluding carboxylic acids is 1. The molecule has 0 N–H and O–H groups in total. The van der Waals surface area contributed by atoms with Crippen LogP contribution >= 0.6 is 11.8 Å². The van der Waals surface area contributed by atoms with Crippen LogP contribution in [0.4, 0.5) is 13.2 Å². The number of aliphatic imine (C=N–C) groups is 1. The summed E-state index contributed by atoms with van der Waals surface area (Å²) < 4.78 is 42.2. The van der Waals surface area contributed by atoms with Crippen LogP contribution in [0.25, 0.3) is 17.0 Å². The fraction of sp³-hybridized carbons (Fsp3) is 0.346. The summed E-state index contributed by atoms with van der Waals surface area (Å²) in [5, 5.41) is 5.83. The van der Waals surface area contributed by atoms with Gasteiger partial charge in [-0.1, -0.05) is 23.8 Å². The van der Waals surface area contributed by atoms with Crippen molar-refractivity contribution in [3.05, 3.63) is 69.8 Å². The van der Waals surface area contributed by atoms with Gasteiger partial charge in [0.05, 0.1) is 28.7 Å². The van der Waals surface area contributed by atoms with Crippen molar-refractivity contribution in [2.75, 3.05) is 27.2 Å². The molecule has 36 heavy (non-hydrogen) atoms. The molecule has 0 radical (unpaired) electrons. The summed E-state index contributed by atoms with van der Waals surface area (Å²) in [6.45, 7) is 3.62. The average Bonchev–Trinajstić information content (AvgIpc) is 3.53. The third kappa shape index (κ3) is 4.92. The first-order valence-corrected chi connectivity index (χ1v) is 12.5. The van der Waals surface area contributed by atoms with E-state index in [2.05, 4.69) is 26.9 Å². The lowest BCUT2D eigenvalue weighted by molar-refractivity contribution is -0.138. The summed E-state index contributed by atoms with van der Waals surface area (Å²) in [6.07, 6.45) is 0.0384. The van der Waals surface area contributed by atoms with E-state index >= 15 is 0 Å². The minimum absolute atomic E-state index is 0.00723. The van der Waals surface area contributed by atoms with Crippen LogP contribution in [0.2, 0.25) is 0 Å². The minimum Gasteiger partial charge on any atom is -0.350 e. The Morgan fingerprint density at radius 1 is 1.22 bits per heavy atom. The van der Waals surface area contributed by atoms with E-state index in [1.54, 1.807) is 29.9 Å². The standard InChI is InChI=1S/C26H26F3N5OS/c1-16-4-6-18(21(10-16)26(27,28)29)14-34-22-7-5-17(11-19(22)13-30-34)12-23-24(35)31-25(36-23)33(3)20-8-9-32(2)15-20/h4-7,10-13,20H,8-9,14-15H2,1-3H3/b23-12-. The van der Waals surface area contributed by atoms with Crippen molar-refractivity contribution in [2.24, 2.45) is 4.99 Å². The fourth-order valence-corrected chi connectivity index (χ4v) is 5.61. The molecule has 5 rings (SSSR count).